The minimum atomic E-state index is 0.0578. The van der Waals surface area contributed by atoms with E-state index < -0.39 is 0 Å². The normalized spacial score (nSPS) is 12.3. The van der Waals surface area contributed by atoms with Gasteiger partial charge in [-0.05, 0) is 11.1 Å². The highest BCUT2D eigenvalue weighted by Crippen LogP contribution is 2.11. The molecule has 0 bridgehead atoms. The van der Waals surface area contributed by atoms with Crippen molar-refractivity contribution in [2.75, 3.05) is 6.54 Å². The van der Waals surface area contributed by atoms with Crippen LogP contribution in [0.15, 0.2) is 60.7 Å². The zero-order valence-corrected chi connectivity index (χ0v) is 11.9. The van der Waals surface area contributed by atoms with Gasteiger partial charge in [0.05, 0.1) is 0 Å². The van der Waals surface area contributed by atoms with Crippen LogP contribution in [0.3, 0.4) is 0 Å². The third kappa shape index (κ3) is 4.63. The van der Waals surface area contributed by atoms with Crippen LogP contribution in [0.2, 0.25) is 0 Å². The number of benzene rings is 2. The molecule has 0 heterocycles. The maximum Gasteiger partial charge on any atom is 0.124 e. The second-order valence-corrected chi connectivity index (χ2v) is 5.25. The smallest absolute Gasteiger partial charge is 0.124 e. The van der Waals surface area contributed by atoms with E-state index in [9.17, 15) is 4.79 Å². The van der Waals surface area contributed by atoms with E-state index in [-0.39, 0.29) is 5.92 Å². The van der Waals surface area contributed by atoms with Crippen molar-refractivity contribution < 1.29 is 4.79 Å². The maximum absolute atomic E-state index is 10.9. The molecule has 0 radical (unpaired) electrons. The lowest BCUT2D eigenvalue weighted by Gasteiger charge is -2.24. The Morgan fingerprint density at radius 1 is 0.900 bits per heavy atom. The quantitative estimate of drug-likeness (QED) is 0.715. The molecular weight excluding hydrogens is 246 g/mol. The van der Waals surface area contributed by atoms with Gasteiger partial charge in [0.2, 0.25) is 0 Å². The summed E-state index contributed by atoms with van der Waals surface area (Å²) < 4.78 is 0. The summed E-state index contributed by atoms with van der Waals surface area (Å²) in [5.41, 5.74) is 2.56. The van der Waals surface area contributed by atoms with E-state index in [1.807, 2.05) is 19.1 Å². The zero-order chi connectivity index (χ0) is 14.2. The molecule has 0 saturated heterocycles. The van der Waals surface area contributed by atoms with E-state index in [1.54, 1.807) is 0 Å². The molecule has 0 saturated carbocycles. The monoisotopic (exact) mass is 267 g/mol. The number of aldehydes is 1. The first-order valence-corrected chi connectivity index (χ1v) is 7.03. The van der Waals surface area contributed by atoms with E-state index in [2.05, 4.69) is 53.4 Å². The van der Waals surface area contributed by atoms with Gasteiger partial charge >= 0.3 is 0 Å². The fourth-order valence-electron chi connectivity index (χ4n) is 2.32. The summed E-state index contributed by atoms with van der Waals surface area (Å²) in [5.74, 6) is 0.0578. The van der Waals surface area contributed by atoms with Gasteiger partial charge in [0, 0.05) is 25.6 Å². The molecule has 0 aliphatic carbocycles. The Morgan fingerprint density at radius 3 is 1.75 bits per heavy atom. The topological polar surface area (TPSA) is 20.3 Å². The highest BCUT2D eigenvalue weighted by molar-refractivity contribution is 5.53. The largest absolute Gasteiger partial charge is 0.303 e. The average molecular weight is 267 g/mol. The van der Waals surface area contributed by atoms with Gasteiger partial charge in [0.15, 0.2) is 0 Å². The van der Waals surface area contributed by atoms with Gasteiger partial charge in [-0.2, -0.15) is 0 Å². The first-order valence-electron chi connectivity index (χ1n) is 7.03. The van der Waals surface area contributed by atoms with Crippen molar-refractivity contribution in [1.29, 1.82) is 0 Å². The minimum absolute atomic E-state index is 0.0578. The zero-order valence-electron chi connectivity index (χ0n) is 11.9. The molecule has 0 aromatic heterocycles. The molecule has 0 spiro atoms. The summed E-state index contributed by atoms with van der Waals surface area (Å²) in [5, 5.41) is 0. The van der Waals surface area contributed by atoms with Gasteiger partial charge in [-0.25, -0.2) is 0 Å². The lowest BCUT2D eigenvalue weighted by Crippen LogP contribution is -2.28. The van der Waals surface area contributed by atoms with Crippen molar-refractivity contribution in [3.05, 3.63) is 71.8 Å². The Labute approximate surface area is 121 Å². The molecule has 2 rings (SSSR count). The van der Waals surface area contributed by atoms with Crippen LogP contribution in [0.1, 0.15) is 18.1 Å². The van der Waals surface area contributed by atoms with Crippen molar-refractivity contribution in [3.63, 3.8) is 0 Å². The van der Waals surface area contributed by atoms with Crippen LogP contribution in [0.25, 0.3) is 0 Å². The van der Waals surface area contributed by atoms with Crippen LogP contribution in [-0.2, 0) is 17.9 Å². The number of nitrogens with zero attached hydrogens (tertiary/aromatic N) is 1. The van der Waals surface area contributed by atoms with E-state index in [0.29, 0.717) is 0 Å². The number of rotatable bonds is 7. The van der Waals surface area contributed by atoms with Gasteiger partial charge in [-0.3, -0.25) is 4.90 Å². The third-order valence-corrected chi connectivity index (χ3v) is 3.28. The van der Waals surface area contributed by atoms with Crippen LogP contribution in [0.4, 0.5) is 0 Å². The molecule has 0 unspecified atom stereocenters. The van der Waals surface area contributed by atoms with Crippen LogP contribution in [-0.4, -0.2) is 17.7 Å². The standard InChI is InChI=1S/C18H21NO/c1-16(15-20)12-19(13-17-8-4-2-5-9-17)14-18-10-6-3-7-11-18/h2-11,15-16H,12-14H2,1H3/t16-/m1/s1. The number of carbonyl (C=O) groups excluding carboxylic acids is 1. The second-order valence-electron chi connectivity index (χ2n) is 5.25. The van der Waals surface area contributed by atoms with Crippen molar-refractivity contribution in [1.82, 2.24) is 4.90 Å². The van der Waals surface area contributed by atoms with Crippen LogP contribution < -0.4 is 0 Å². The average Bonchev–Trinajstić information content (AvgIpc) is 2.49. The molecule has 104 valence electrons. The van der Waals surface area contributed by atoms with Crippen molar-refractivity contribution in [2.45, 2.75) is 20.0 Å². The van der Waals surface area contributed by atoms with Gasteiger partial charge in [-0.15, -0.1) is 0 Å². The predicted molar refractivity (Wildman–Crippen MR) is 82.2 cm³/mol. The number of hydrogen-bond acceptors (Lipinski definition) is 2. The molecule has 2 nitrogen and oxygen atoms in total. The number of hydrogen-bond donors (Lipinski definition) is 0. The summed E-state index contributed by atoms with van der Waals surface area (Å²) >= 11 is 0. The first-order chi connectivity index (χ1) is 9.78. The van der Waals surface area contributed by atoms with Crippen molar-refractivity contribution in [2.24, 2.45) is 5.92 Å². The molecule has 2 aromatic rings. The summed E-state index contributed by atoms with van der Waals surface area (Å²) in [6.07, 6.45) is 1.03. The molecule has 0 aliphatic rings. The van der Waals surface area contributed by atoms with Crippen LogP contribution >= 0.6 is 0 Å². The van der Waals surface area contributed by atoms with E-state index in [4.69, 9.17) is 0 Å². The van der Waals surface area contributed by atoms with Crippen LogP contribution in [0.5, 0.6) is 0 Å². The van der Waals surface area contributed by atoms with Gasteiger partial charge in [-0.1, -0.05) is 67.6 Å². The molecule has 0 fully saturated rings. The predicted octanol–water partition coefficient (Wildman–Crippen LogP) is 3.52. The lowest BCUT2D eigenvalue weighted by molar-refractivity contribution is -0.111. The summed E-state index contributed by atoms with van der Waals surface area (Å²) in [4.78, 5) is 13.2. The highest BCUT2D eigenvalue weighted by atomic mass is 16.1. The maximum atomic E-state index is 10.9. The molecule has 0 N–H and O–H groups in total. The minimum Gasteiger partial charge on any atom is -0.303 e. The van der Waals surface area contributed by atoms with Crippen molar-refractivity contribution in [3.8, 4) is 0 Å². The van der Waals surface area contributed by atoms with Gasteiger partial charge in [0.1, 0.15) is 6.29 Å². The Hall–Kier alpha value is -1.93. The third-order valence-electron chi connectivity index (χ3n) is 3.28. The molecule has 20 heavy (non-hydrogen) atoms. The van der Waals surface area contributed by atoms with Gasteiger partial charge in [0.25, 0.3) is 0 Å². The molecule has 2 heteroatoms. The van der Waals surface area contributed by atoms with E-state index in [1.165, 1.54) is 11.1 Å². The Kier molecular flexibility index (Phi) is 5.51. The summed E-state index contributed by atoms with van der Waals surface area (Å²) in [7, 11) is 0. The summed E-state index contributed by atoms with van der Waals surface area (Å²) in [6.45, 7) is 4.49. The Morgan fingerprint density at radius 2 is 1.35 bits per heavy atom. The SMILES string of the molecule is C[C@@H](C=O)CN(Cc1ccccc1)Cc1ccccc1. The van der Waals surface area contributed by atoms with E-state index >= 15 is 0 Å². The Bertz CT molecular complexity index is 468. The molecule has 1 atom stereocenters. The molecular formula is C18H21NO. The molecule has 0 aliphatic heterocycles. The van der Waals surface area contributed by atoms with E-state index in [0.717, 1.165) is 25.9 Å². The fraction of sp³-hybridized carbons (Fsp3) is 0.278. The molecule has 0 amide bonds. The molecule has 2 aromatic carbocycles. The van der Waals surface area contributed by atoms with Gasteiger partial charge < -0.3 is 4.79 Å². The van der Waals surface area contributed by atoms with Crippen LogP contribution in [0, 0.1) is 5.92 Å². The lowest BCUT2D eigenvalue weighted by atomic mass is 10.1. The highest BCUT2D eigenvalue weighted by Gasteiger charge is 2.11. The second kappa shape index (κ2) is 7.61. The Balaban J connectivity index is 2.06. The fourth-order valence-corrected chi connectivity index (χ4v) is 2.32. The summed E-state index contributed by atoms with van der Waals surface area (Å²) in [6, 6.07) is 20.8. The van der Waals surface area contributed by atoms with Crippen molar-refractivity contribution >= 4 is 6.29 Å². The number of carbonyl (C=O) groups is 1. The first kappa shape index (κ1) is 14.5.